The number of rotatable bonds is 2. The Morgan fingerprint density at radius 2 is 2.20 bits per heavy atom. The minimum atomic E-state index is 0.545. The van der Waals surface area contributed by atoms with Crippen LogP contribution in [0.5, 0.6) is 5.75 Å². The first-order valence-corrected chi connectivity index (χ1v) is 4.83. The number of hydrogen-bond acceptors (Lipinski definition) is 2. The van der Waals surface area contributed by atoms with E-state index in [0.717, 1.165) is 17.2 Å². The van der Waals surface area contributed by atoms with E-state index in [1.807, 2.05) is 11.6 Å². The highest BCUT2D eigenvalue weighted by molar-refractivity contribution is 6.33. The number of carbonyl (C=O) groups is 1. The van der Waals surface area contributed by atoms with Crippen LogP contribution in [0.1, 0.15) is 10.4 Å². The summed E-state index contributed by atoms with van der Waals surface area (Å²) in [6, 6.07) is 3.57. The Balaban J connectivity index is 2.83. The van der Waals surface area contributed by atoms with Gasteiger partial charge in [-0.1, -0.05) is 11.6 Å². The highest BCUT2D eigenvalue weighted by Crippen LogP contribution is 2.31. The third-order valence-electron chi connectivity index (χ3n) is 2.42. The zero-order valence-corrected chi connectivity index (χ0v) is 9.21. The number of benzene rings is 1. The van der Waals surface area contributed by atoms with E-state index in [-0.39, 0.29) is 0 Å². The molecule has 1 aromatic heterocycles. The Bertz CT molecular complexity index is 531. The van der Waals surface area contributed by atoms with Crippen molar-refractivity contribution in [3.63, 3.8) is 0 Å². The van der Waals surface area contributed by atoms with Crippen molar-refractivity contribution in [3.8, 4) is 5.75 Å². The fourth-order valence-electron chi connectivity index (χ4n) is 1.66. The van der Waals surface area contributed by atoms with E-state index in [2.05, 4.69) is 0 Å². The van der Waals surface area contributed by atoms with Gasteiger partial charge in [0, 0.05) is 24.2 Å². The molecule has 2 aromatic rings. The minimum Gasteiger partial charge on any atom is -0.495 e. The van der Waals surface area contributed by atoms with Crippen LogP contribution in [0.25, 0.3) is 10.9 Å². The third-order valence-corrected chi connectivity index (χ3v) is 2.72. The number of halogens is 1. The number of aldehydes is 1. The van der Waals surface area contributed by atoms with E-state index >= 15 is 0 Å². The van der Waals surface area contributed by atoms with Crippen LogP contribution in [0.15, 0.2) is 18.3 Å². The topological polar surface area (TPSA) is 31.2 Å². The predicted octanol–water partition coefficient (Wildman–Crippen LogP) is 2.65. The van der Waals surface area contributed by atoms with Crippen molar-refractivity contribution in [3.05, 3.63) is 28.9 Å². The summed E-state index contributed by atoms with van der Waals surface area (Å²) in [6.07, 6.45) is 2.60. The van der Waals surface area contributed by atoms with E-state index in [1.54, 1.807) is 25.4 Å². The maximum absolute atomic E-state index is 10.8. The van der Waals surface area contributed by atoms with E-state index in [0.29, 0.717) is 16.3 Å². The molecule has 0 aliphatic heterocycles. The Morgan fingerprint density at radius 3 is 2.80 bits per heavy atom. The quantitative estimate of drug-likeness (QED) is 0.733. The lowest BCUT2D eigenvalue weighted by Gasteiger charge is -2.03. The fourth-order valence-corrected chi connectivity index (χ4v) is 1.90. The van der Waals surface area contributed by atoms with Crippen molar-refractivity contribution in [2.75, 3.05) is 7.11 Å². The number of aryl methyl sites for hydroxylation is 1. The molecule has 0 saturated heterocycles. The van der Waals surface area contributed by atoms with Crippen LogP contribution in [-0.2, 0) is 7.05 Å². The standard InChI is InChI=1S/C11H10ClNO2/c1-13-5-7(6-14)8-3-11(15-2)9(12)4-10(8)13/h3-6H,1-2H3. The molecule has 0 fully saturated rings. The van der Waals surface area contributed by atoms with Gasteiger partial charge in [-0.25, -0.2) is 0 Å². The van der Waals surface area contributed by atoms with Crippen molar-refractivity contribution >= 4 is 28.8 Å². The molecule has 0 amide bonds. The predicted molar refractivity (Wildman–Crippen MR) is 59.9 cm³/mol. The number of hydrogen-bond donors (Lipinski definition) is 0. The molecule has 78 valence electrons. The lowest BCUT2D eigenvalue weighted by molar-refractivity contribution is 0.112. The van der Waals surface area contributed by atoms with Crippen LogP contribution in [0.3, 0.4) is 0 Å². The zero-order valence-electron chi connectivity index (χ0n) is 8.45. The highest BCUT2D eigenvalue weighted by atomic mass is 35.5. The SMILES string of the molecule is COc1cc2c(C=O)cn(C)c2cc1Cl. The molecule has 0 radical (unpaired) electrons. The maximum atomic E-state index is 10.8. The Morgan fingerprint density at radius 1 is 1.47 bits per heavy atom. The molecule has 2 rings (SSSR count). The summed E-state index contributed by atoms with van der Waals surface area (Å²) in [5.41, 5.74) is 1.56. The van der Waals surface area contributed by atoms with E-state index < -0.39 is 0 Å². The van der Waals surface area contributed by atoms with Gasteiger partial charge in [0.1, 0.15) is 5.75 Å². The van der Waals surface area contributed by atoms with Gasteiger partial charge in [-0.3, -0.25) is 4.79 Å². The summed E-state index contributed by atoms with van der Waals surface area (Å²) in [4.78, 5) is 10.8. The normalized spacial score (nSPS) is 10.6. The molecule has 3 nitrogen and oxygen atoms in total. The van der Waals surface area contributed by atoms with Gasteiger partial charge in [0.25, 0.3) is 0 Å². The molecule has 0 aliphatic carbocycles. The van der Waals surface area contributed by atoms with Gasteiger partial charge in [-0.15, -0.1) is 0 Å². The molecular weight excluding hydrogens is 214 g/mol. The van der Waals surface area contributed by atoms with Gasteiger partial charge in [0.2, 0.25) is 0 Å². The summed E-state index contributed by atoms with van der Waals surface area (Å²) >= 11 is 6.00. The summed E-state index contributed by atoms with van der Waals surface area (Å²) < 4.78 is 6.97. The first-order chi connectivity index (χ1) is 7.17. The molecule has 0 aliphatic rings. The number of methoxy groups -OCH3 is 1. The molecule has 4 heteroatoms. The van der Waals surface area contributed by atoms with Crippen LogP contribution < -0.4 is 4.74 Å². The van der Waals surface area contributed by atoms with E-state index in [4.69, 9.17) is 16.3 Å². The molecule has 0 saturated carbocycles. The molecule has 0 bridgehead atoms. The minimum absolute atomic E-state index is 0.545. The molecular formula is C11H10ClNO2. The summed E-state index contributed by atoms with van der Waals surface area (Å²) in [5.74, 6) is 0.582. The largest absolute Gasteiger partial charge is 0.495 e. The van der Waals surface area contributed by atoms with Gasteiger partial charge in [-0.05, 0) is 12.1 Å². The van der Waals surface area contributed by atoms with Gasteiger partial charge >= 0.3 is 0 Å². The van der Waals surface area contributed by atoms with Crippen LogP contribution in [0.2, 0.25) is 5.02 Å². The second kappa shape index (κ2) is 3.59. The lowest BCUT2D eigenvalue weighted by Crippen LogP contribution is -1.87. The van der Waals surface area contributed by atoms with Crippen LogP contribution in [-0.4, -0.2) is 18.0 Å². The van der Waals surface area contributed by atoms with Crippen molar-refractivity contribution in [2.45, 2.75) is 0 Å². The van der Waals surface area contributed by atoms with Gasteiger partial charge < -0.3 is 9.30 Å². The van der Waals surface area contributed by atoms with Crippen molar-refractivity contribution < 1.29 is 9.53 Å². The molecule has 0 unspecified atom stereocenters. The smallest absolute Gasteiger partial charge is 0.152 e. The number of nitrogens with zero attached hydrogens (tertiary/aromatic N) is 1. The second-order valence-corrected chi connectivity index (χ2v) is 3.72. The molecule has 15 heavy (non-hydrogen) atoms. The summed E-state index contributed by atoms with van der Waals surface area (Å²) in [5, 5.41) is 1.40. The van der Waals surface area contributed by atoms with E-state index in [1.165, 1.54) is 0 Å². The Hall–Kier alpha value is -1.48. The van der Waals surface area contributed by atoms with Crippen molar-refractivity contribution in [1.82, 2.24) is 4.57 Å². The fraction of sp³-hybridized carbons (Fsp3) is 0.182. The van der Waals surface area contributed by atoms with Gasteiger partial charge in [0.05, 0.1) is 17.6 Å². The average molecular weight is 224 g/mol. The third kappa shape index (κ3) is 1.49. The Labute approximate surface area is 92.2 Å². The maximum Gasteiger partial charge on any atom is 0.152 e. The van der Waals surface area contributed by atoms with E-state index in [9.17, 15) is 4.79 Å². The summed E-state index contributed by atoms with van der Waals surface area (Å²) in [7, 11) is 3.43. The number of carbonyl (C=O) groups excluding carboxylic acids is 1. The number of fused-ring (bicyclic) bond motifs is 1. The van der Waals surface area contributed by atoms with Crippen molar-refractivity contribution in [1.29, 1.82) is 0 Å². The van der Waals surface area contributed by atoms with Gasteiger partial charge in [-0.2, -0.15) is 0 Å². The first-order valence-electron chi connectivity index (χ1n) is 4.45. The van der Waals surface area contributed by atoms with Gasteiger partial charge in [0.15, 0.2) is 6.29 Å². The molecule has 0 N–H and O–H groups in total. The zero-order chi connectivity index (χ0) is 11.0. The molecule has 1 heterocycles. The summed E-state index contributed by atoms with van der Waals surface area (Å²) in [6.45, 7) is 0. The number of ether oxygens (including phenoxy) is 1. The van der Waals surface area contributed by atoms with Crippen LogP contribution >= 0.6 is 11.6 Å². The Kier molecular flexibility index (Phi) is 2.40. The lowest BCUT2D eigenvalue weighted by atomic mass is 10.2. The van der Waals surface area contributed by atoms with Crippen LogP contribution in [0, 0.1) is 0 Å². The average Bonchev–Trinajstić information content (AvgIpc) is 2.54. The molecule has 0 atom stereocenters. The highest BCUT2D eigenvalue weighted by Gasteiger charge is 2.10. The number of aromatic nitrogens is 1. The van der Waals surface area contributed by atoms with Crippen LogP contribution in [0.4, 0.5) is 0 Å². The first kappa shape index (κ1) is 10.1. The van der Waals surface area contributed by atoms with Crippen molar-refractivity contribution in [2.24, 2.45) is 7.05 Å². The molecule has 0 spiro atoms. The monoisotopic (exact) mass is 223 g/mol. The molecule has 1 aromatic carbocycles. The second-order valence-electron chi connectivity index (χ2n) is 3.32.